The van der Waals surface area contributed by atoms with Crippen LogP contribution in [0.2, 0.25) is 0 Å². The average Bonchev–Trinajstić information content (AvgIpc) is 3.17. The van der Waals surface area contributed by atoms with Gasteiger partial charge in [-0.25, -0.2) is 0 Å². The molecule has 1 amide bonds. The van der Waals surface area contributed by atoms with Crippen LogP contribution in [0.4, 0.5) is 5.69 Å². The molecule has 0 saturated carbocycles. The number of rotatable bonds is 6. The molecule has 1 aliphatic heterocycles. The smallest absolute Gasteiger partial charge is 0.228 e. The topological polar surface area (TPSA) is 65.4 Å². The number of ether oxygens (including phenoxy) is 1. The number of nitrogens with zero attached hydrogens (tertiary/aromatic N) is 2. The van der Waals surface area contributed by atoms with Crippen LogP contribution in [0.5, 0.6) is 5.75 Å². The van der Waals surface area contributed by atoms with E-state index in [1.165, 1.54) is 5.56 Å². The van der Waals surface area contributed by atoms with E-state index in [0.717, 1.165) is 36.4 Å². The summed E-state index contributed by atoms with van der Waals surface area (Å²) in [6, 6.07) is 17.8. The number of hydrogen-bond acceptors (Lipinski definition) is 4. The van der Waals surface area contributed by atoms with Gasteiger partial charge in [-0.05, 0) is 48.2 Å². The molecule has 2 aromatic carbocycles. The number of hydrogen-bond donors (Lipinski definition) is 1. The highest BCUT2D eigenvalue weighted by molar-refractivity contribution is 5.79. The highest BCUT2D eigenvalue weighted by Gasteiger charge is 2.28. The fourth-order valence-corrected chi connectivity index (χ4v) is 3.16. The molecule has 1 fully saturated rings. The molecule has 1 aliphatic rings. The summed E-state index contributed by atoms with van der Waals surface area (Å²) in [6.45, 7) is 1.42. The standard InChI is InChI=1S/C21H23N3O2/c1-26-20-10-6-17(7-11-20)15-23-18-8-4-16(5-9-18)13-21(25)24-12-2-3-19(24)14-22/h4-11,19,23H,2-3,12-13,15H2,1H3/t19-/m0/s1. The molecule has 0 bridgehead atoms. The SMILES string of the molecule is COc1ccc(CNc2ccc(CC(=O)N3CCC[C@H]3C#N)cc2)cc1. The summed E-state index contributed by atoms with van der Waals surface area (Å²) in [4.78, 5) is 14.1. The minimum absolute atomic E-state index is 0.0352. The molecule has 5 heteroatoms. The summed E-state index contributed by atoms with van der Waals surface area (Å²) in [6.07, 6.45) is 2.05. The number of carbonyl (C=O) groups is 1. The first kappa shape index (κ1) is 17.8. The molecule has 1 N–H and O–H groups in total. The van der Waals surface area contributed by atoms with Crippen LogP contribution in [0.3, 0.4) is 0 Å². The Morgan fingerprint density at radius 1 is 1.19 bits per heavy atom. The van der Waals surface area contributed by atoms with Crippen LogP contribution in [-0.2, 0) is 17.8 Å². The van der Waals surface area contributed by atoms with E-state index < -0.39 is 0 Å². The monoisotopic (exact) mass is 349 g/mol. The molecule has 0 spiro atoms. The zero-order valence-electron chi connectivity index (χ0n) is 14.9. The van der Waals surface area contributed by atoms with Crippen molar-refractivity contribution in [3.8, 4) is 11.8 Å². The van der Waals surface area contributed by atoms with E-state index in [1.54, 1.807) is 12.0 Å². The second-order valence-electron chi connectivity index (χ2n) is 6.45. The second kappa shape index (κ2) is 8.39. The third-order valence-electron chi connectivity index (χ3n) is 4.69. The highest BCUT2D eigenvalue weighted by atomic mass is 16.5. The molecule has 5 nitrogen and oxygen atoms in total. The van der Waals surface area contributed by atoms with E-state index >= 15 is 0 Å². The van der Waals surface area contributed by atoms with Gasteiger partial charge in [-0.2, -0.15) is 5.26 Å². The normalized spacial score (nSPS) is 16.2. The fraction of sp³-hybridized carbons (Fsp3) is 0.333. The van der Waals surface area contributed by atoms with Crippen molar-refractivity contribution in [3.05, 3.63) is 59.7 Å². The van der Waals surface area contributed by atoms with Crippen LogP contribution in [0, 0.1) is 11.3 Å². The zero-order valence-corrected chi connectivity index (χ0v) is 14.9. The summed E-state index contributed by atoms with van der Waals surface area (Å²) in [7, 11) is 1.66. The lowest BCUT2D eigenvalue weighted by Gasteiger charge is -2.19. The summed E-state index contributed by atoms with van der Waals surface area (Å²) >= 11 is 0. The van der Waals surface area contributed by atoms with Gasteiger partial charge in [0.15, 0.2) is 0 Å². The van der Waals surface area contributed by atoms with Gasteiger partial charge in [-0.1, -0.05) is 24.3 Å². The number of nitriles is 1. The summed E-state index contributed by atoms with van der Waals surface area (Å²) in [5.41, 5.74) is 3.14. The maximum atomic E-state index is 12.4. The molecular weight excluding hydrogens is 326 g/mol. The lowest BCUT2D eigenvalue weighted by atomic mass is 10.1. The molecule has 26 heavy (non-hydrogen) atoms. The third kappa shape index (κ3) is 4.34. The summed E-state index contributed by atoms with van der Waals surface area (Å²) in [5.74, 6) is 0.882. The predicted molar refractivity (Wildman–Crippen MR) is 101 cm³/mol. The predicted octanol–water partition coefficient (Wildman–Crippen LogP) is 3.36. The lowest BCUT2D eigenvalue weighted by molar-refractivity contribution is -0.130. The van der Waals surface area contributed by atoms with Gasteiger partial charge in [0, 0.05) is 18.8 Å². The highest BCUT2D eigenvalue weighted by Crippen LogP contribution is 2.19. The van der Waals surface area contributed by atoms with Crippen molar-refractivity contribution in [3.63, 3.8) is 0 Å². The van der Waals surface area contributed by atoms with E-state index in [0.29, 0.717) is 13.0 Å². The Morgan fingerprint density at radius 3 is 2.54 bits per heavy atom. The molecule has 0 aliphatic carbocycles. The third-order valence-corrected chi connectivity index (χ3v) is 4.69. The van der Waals surface area contributed by atoms with Crippen LogP contribution in [0.25, 0.3) is 0 Å². The van der Waals surface area contributed by atoms with Gasteiger partial charge < -0.3 is 15.0 Å². The molecule has 0 unspecified atom stereocenters. The van der Waals surface area contributed by atoms with E-state index in [2.05, 4.69) is 11.4 Å². The molecular formula is C21H23N3O2. The van der Waals surface area contributed by atoms with Gasteiger partial charge in [0.25, 0.3) is 0 Å². The molecule has 1 saturated heterocycles. The molecule has 134 valence electrons. The van der Waals surface area contributed by atoms with Crippen molar-refractivity contribution in [2.45, 2.75) is 31.8 Å². The molecule has 1 atom stereocenters. The number of nitrogens with one attached hydrogen (secondary N) is 1. The Hall–Kier alpha value is -3.00. The van der Waals surface area contributed by atoms with E-state index in [-0.39, 0.29) is 11.9 Å². The van der Waals surface area contributed by atoms with E-state index in [1.807, 2.05) is 48.5 Å². The Kier molecular flexibility index (Phi) is 5.75. The lowest BCUT2D eigenvalue weighted by Crippen LogP contribution is -2.35. The molecule has 3 rings (SSSR count). The van der Waals surface area contributed by atoms with E-state index in [9.17, 15) is 4.79 Å². The Labute approximate surface area is 154 Å². The quantitative estimate of drug-likeness (QED) is 0.868. The zero-order chi connectivity index (χ0) is 18.4. The number of anilines is 1. The minimum atomic E-state index is -0.257. The maximum Gasteiger partial charge on any atom is 0.228 e. The summed E-state index contributed by atoms with van der Waals surface area (Å²) < 4.78 is 5.16. The number of likely N-dealkylation sites (tertiary alicyclic amines) is 1. The van der Waals surface area contributed by atoms with Gasteiger partial charge in [0.2, 0.25) is 5.91 Å². The average molecular weight is 349 g/mol. The molecule has 0 radical (unpaired) electrons. The number of carbonyl (C=O) groups excluding carboxylic acids is 1. The van der Waals surface area contributed by atoms with Crippen LogP contribution >= 0.6 is 0 Å². The largest absolute Gasteiger partial charge is 0.497 e. The van der Waals surface area contributed by atoms with Crippen molar-refractivity contribution in [1.29, 1.82) is 5.26 Å². The number of amides is 1. The Morgan fingerprint density at radius 2 is 1.88 bits per heavy atom. The van der Waals surface area contributed by atoms with Crippen molar-refractivity contribution in [2.75, 3.05) is 19.0 Å². The first-order valence-corrected chi connectivity index (χ1v) is 8.84. The fourth-order valence-electron chi connectivity index (χ4n) is 3.16. The number of methoxy groups -OCH3 is 1. The van der Waals surface area contributed by atoms with Crippen molar-refractivity contribution >= 4 is 11.6 Å². The van der Waals surface area contributed by atoms with Gasteiger partial charge >= 0.3 is 0 Å². The van der Waals surface area contributed by atoms with Crippen LogP contribution in [0.1, 0.15) is 24.0 Å². The first-order valence-electron chi connectivity index (χ1n) is 8.84. The molecule has 0 aromatic heterocycles. The van der Waals surface area contributed by atoms with Crippen LogP contribution < -0.4 is 10.1 Å². The number of benzene rings is 2. The van der Waals surface area contributed by atoms with Gasteiger partial charge in [0.1, 0.15) is 11.8 Å². The Bertz CT molecular complexity index is 778. The van der Waals surface area contributed by atoms with Crippen LogP contribution in [-0.4, -0.2) is 30.5 Å². The minimum Gasteiger partial charge on any atom is -0.497 e. The van der Waals surface area contributed by atoms with Crippen molar-refractivity contribution < 1.29 is 9.53 Å². The van der Waals surface area contributed by atoms with Gasteiger partial charge in [0.05, 0.1) is 19.6 Å². The molecule has 1 heterocycles. The second-order valence-corrected chi connectivity index (χ2v) is 6.45. The van der Waals surface area contributed by atoms with E-state index in [4.69, 9.17) is 10.00 Å². The van der Waals surface area contributed by atoms with Crippen molar-refractivity contribution in [1.82, 2.24) is 4.90 Å². The molecule has 2 aromatic rings. The Balaban J connectivity index is 1.53. The van der Waals surface area contributed by atoms with Gasteiger partial charge in [-0.3, -0.25) is 4.79 Å². The van der Waals surface area contributed by atoms with Crippen LogP contribution in [0.15, 0.2) is 48.5 Å². The van der Waals surface area contributed by atoms with Crippen molar-refractivity contribution in [2.24, 2.45) is 0 Å². The first-order chi connectivity index (χ1) is 12.7. The van der Waals surface area contributed by atoms with Gasteiger partial charge in [-0.15, -0.1) is 0 Å². The maximum absolute atomic E-state index is 12.4. The summed E-state index contributed by atoms with van der Waals surface area (Å²) in [5, 5.41) is 12.5.